The van der Waals surface area contributed by atoms with Gasteiger partial charge >= 0.3 is 5.69 Å². The van der Waals surface area contributed by atoms with E-state index in [1.165, 1.54) is 0 Å². The first-order valence-electron chi connectivity index (χ1n) is 10.8. The van der Waals surface area contributed by atoms with Crippen LogP contribution in [-0.4, -0.2) is 64.0 Å². The normalized spacial score (nSPS) is 14.8. The second-order valence-electron chi connectivity index (χ2n) is 8.09. The van der Waals surface area contributed by atoms with Crippen LogP contribution < -0.4 is 16.3 Å². The first kappa shape index (κ1) is 22.5. The molecule has 0 saturated carbocycles. The molecule has 28 heavy (non-hydrogen) atoms. The molecule has 1 aliphatic heterocycles. The standard InChI is InChI=1S/C20H39N7O/c1-16(2)25(17(3)4)14-8-11-22-19(21-5)23-12-9-15-27-20(28)26-13-7-6-10-18(26)24-27/h16-17H,6-15H2,1-5H3,(H2,21,22,23). The Hall–Kier alpha value is -1.83. The summed E-state index contributed by atoms with van der Waals surface area (Å²) in [6.45, 7) is 13.2. The van der Waals surface area contributed by atoms with Crippen LogP contribution in [0.3, 0.4) is 0 Å². The molecule has 0 radical (unpaired) electrons. The lowest BCUT2D eigenvalue weighted by Gasteiger charge is -2.30. The first-order chi connectivity index (χ1) is 13.4. The Labute approximate surface area is 169 Å². The maximum absolute atomic E-state index is 12.3. The number of aliphatic imine (C=N–C) groups is 1. The summed E-state index contributed by atoms with van der Waals surface area (Å²) in [5, 5.41) is 11.2. The largest absolute Gasteiger partial charge is 0.356 e. The highest BCUT2D eigenvalue weighted by Gasteiger charge is 2.16. The summed E-state index contributed by atoms with van der Waals surface area (Å²) in [7, 11) is 1.79. The summed E-state index contributed by atoms with van der Waals surface area (Å²) in [6.07, 6.45) is 5.04. The molecule has 0 spiro atoms. The van der Waals surface area contributed by atoms with Gasteiger partial charge in [0.15, 0.2) is 5.96 Å². The molecule has 1 aliphatic rings. The zero-order chi connectivity index (χ0) is 20.5. The third-order valence-corrected chi connectivity index (χ3v) is 5.31. The predicted octanol–water partition coefficient (Wildman–Crippen LogP) is 1.45. The average molecular weight is 394 g/mol. The molecule has 0 unspecified atom stereocenters. The van der Waals surface area contributed by atoms with Crippen LogP contribution in [0.1, 0.15) is 59.2 Å². The monoisotopic (exact) mass is 393 g/mol. The fourth-order valence-electron chi connectivity index (χ4n) is 3.83. The molecular formula is C20H39N7O. The third-order valence-electron chi connectivity index (χ3n) is 5.31. The van der Waals surface area contributed by atoms with Crippen LogP contribution in [0.25, 0.3) is 0 Å². The van der Waals surface area contributed by atoms with Crippen molar-refractivity contribution >= 4 is 5.96 Å². The zero-order valence-electron chi connectivity index (χ0n) is 18.4. The summed E-state index contributed by atoms with van der Waals surface area (Å²) in [5.74, 6) is 1.76. The van der Waals surface area contributed by atoms with Crippen molar-refractivity contribution in [2.45, 2.75) is 85.0 Å². The number of rotatable bonds is 10. The number of aromatic nitrogens is 3. The van der Waals surface area contributed by atoms with Crippen molar-refractivity contribution in [1.82, 2.24) is 29.9 Å². The minimum atomic E-state index is 0.0390. The average Bonchev–Trinajstić information content (AvgIpc) is 2.98. The summed E-state index contributed by atoms with van der Waals surface area (Å²) in [4.78, 5) is 19.1. The summed E-state index contributed by atoms with van der Waals surface area (Å²) in [5.41, 5.74) is 0.0390. The Balaban J connectivity index is 1.66. The molecular weight excluding hydrogens is 354 g/mol. The van der Waals surface area contributed by atoms with Gasteiger partial charge < -0.3 is 10.6 Å². The van der Waals surface area contributed by atoms with Gasteiger partial charge in [-0.2, -0.15) is 5.10 Å². The summed E-state index contributed by atoms with van der Waals surface area (Å²) >= 11 is 0. The molecule has 0 atom stereocenters. The van der Waals surface area contributed by atoms with Gasteiger partial charge in [0.25, 0.3) is 0 Å². The molecule has 1 aromatic rings. The van der Waals surface area contributed by atoms with Crippen LogP contribution in [-0.2, 0) is 19.5 Å². The van der Waals surface area contributed by atoms with Gasteiger partial charge in [-0.05, 0) is 53.4 Å². The van der Waals surface area contributed by atoms with E-state index in [0.717, 1.165) is 70.1 Å². The Morgan fingerprint density at radius 1 is 1.14 bits per heavy atom. The van der Waals surface area contributed by atoms with Crippen molar-refractivity contribution in [3.63, 3.8) is 0 Å². The summed E-state index contributed by atoms with van der Waals surface area (Å²) < 4.78 is 3.44. The number of nitrogens with zero attached hydrogens (tertiary/aromatic N) is 5. The smallest absolute Gasteiger partial charge is 0.345 e. The van der Waals surface area contributed by atoms with E-state index in [0.29, 0.717) is 18.6 Å². The fraction of sp³-hybridized carbons (Fsp3) is 0.850. The Bertz CT molecular complexity index is 667. The van der Waals surface area contributed by atoms with Gasteiger partial charge in [-0.3, -0.25) is 14.5 Å². The molecule has 0 aromatic carbocycles. The van der Waals surface area contributed by atoms with E-state index < -0.39 is 0 Å². The number of aryl methyl sites for hydroxylation is 2. The zero-order valence-corrected chi connectivity index (χ0v) is 18.4. The number of guanidine groups is 1. The van der Waals surface area contributed by atoms with Crippen LogP contribution >= 0.6 is 0 Å². The number of fused-ring (bicyclic) bond motifs is 1. The topological polar surface area (TPSA) is 79.5 Å². The highest BCUT2D eigenvalue weighted by Crippen LogP contribution is 2.09. The van der Waals surface area contributed by atoms with Crippen LogP contribution in [0.5, 0.6) is 0 Å². The van der Waals surface area contributed by atoms with E-state index in [4.69, 9.17) is 0 Å². The van der Waals surface area contributed by atoms with Crippen LogP contribution in [0.2, 0.25) is 0 Å². The van der Waals surface area contributed by atoms with E-state index in [-0.39, 0.29) is 5.69 Å². The highest BCUT2D eigenvalue weighted by molar-refractivity contribution is 5.79. The minimum absolute atomic E-state index is 0.0390. The predicted molar refractivity (Wildman–Crippen MR) is 115 cm³/mol. The summed E-state index contributed by atoms with van der Waals surface area (Å²) in [6, 6.07) is 1.13. The lowest BCUT2D eigenvalue weighted by atomic mass is 10.2. The van der Waals surface area contributed by atoms with Gasteiger partial charge in [0.2, 0.25) is 0 Å². The minimum Gasteiger partial charge on any atom is -0.356 e. The molecule has 0 bridgehead atoms. The Morgan fingerprint density at radius 3 is 2.43 bits per heavy atom. The van der Waals surface area contributed by atoms with Gasteiger partial charge in [0, 0.05) is 58.3 Å². The molecule has 2 rings (SSSR count). The Morgan fingerprint density at radius 2 is 1.82 bits per heavy atom. The molecule has 8 heteroatoms. The van der Waals surface area contributed by atoms with E-state index in [9.17, 15) is 4.79 Å². The van der Waals surface area contributed by atoms with Crippen LogP contribution in [0, 0.1) is 0 Å². The van der Waals surface area contributed by atoms with E-state index >= 15 is 0 Å². The second kappa shape index (κ2) is 11.2. The maximum Gasteiger partial charge on any atom is 0.345 e. The van der Waals surface area contributed by atoms with Crippen molar-refractivity contribution < 1.29 is 0 Å². The molecule has 8 nitrogen and oxygen atoms in total. The molecule has 2 N–H and O–H groups in total. The van der Waals surface area contributed by atoms with Gasteiger partial charge in [0.05, 0.1) is 0 Å². The lowest BCUT2D eigenvalue weighted by Crippen LogP contribution is -2.41. The molecule has 0 saturated heterocycles. The molecule has 0 fully saturated rings. The molecule has 2 heterocycles. The SMILES string of the molecule is CN=C(NCCCN(C(C)C)C(C)C)NCCCn1nc2n(c1=O)CCCC2. The van der Waals surface area contributed by atoms with E-state index in [2.05, 4.69) is 53.3 Å². The number of nitrogens with one attached hydrogen (secondary N) is 2. The van der Waals surface area contributed by atoms with Crippen LogP contribution in [0.15, 0.2) is 9.79 Å². The molecule has 0 amide bonds. The van der Waals surface area contributed by atoms with Crippen molar-refractivity contribution in [3.8, 4) is 0 Å². The molecule has 160 valence electrons. The van der Waals surface area contributed by atoms with Gasteiger partial charge in [-0.25, -0.2) is 9.48 Å². The van der Waals surface area contributed by atoms with Crippen molar-refractivity contribution in [2.24, 2.45) is 4.99 Å². The van der Waals surface area contributed by atoms with Gasteiger partial charge in [-0.1, -0.05) is 0 Å². The van der Waals surface area contributed by atoms with Crippen molar-refractivity contribution in [2.75, 3.05) is 26.7 Å². The fourth-order valence-corrected chi connectivity index (χ4v) is 3.83. The molecule has 0 aliphatic carbocycles. The van der Waals surface area contributed by atoms with Crippen molar-refractivity contribution in [3.05, 3.63) is 16.3 Å². The van der Waals surface area contributed by atoms with Gasteiger partial charge in [0.1, 0.15) is 5.82 Å². The van der Waals surface area contributed by atoms with Crippen molar-refractivity contribution in [1.29, 1.82) is 0 Å². The number of hydrogen-bond donors (Lipinski definition) is 2. The van der Waals surface area contributed by atoms with Gasteiger partial charge in [-0.15, -0.1) is 0 Å². The third kappa shape index (κ3) is 6.36. The Kier molecular flexibility index (Phi) is 9.02. The van der Waals surface area contributed by atoms with E-state index in [1.807, 2.05) is 4.57 Å². The quantitative estimate of drug-likeness (QED) is 0.357. The maximum atomic E-state index is 12.3. The highest BCUT2D eigenvalue weighted by atomic mass is 16.2. The first-order valence-corrected chi connectivity index (χ1v) is 10.8. The second-order valence-corrected chi connectivity index (χ2v) is 8.09. The lowest BCUT2D eigenvalue weighted by molar-refractivity contribution is 0.173. The van der Waals surface area contributed by atoms with E-state index in [1.54, 1.807) is 11.7 Å². The molecule has 1 aromatic heterocycles. The van der Waals surface area contributed by atoms with Crippen LogP contribution in [0.4, 0.5) is 0 Å². The number of hydrogen-bond acceptors (Lipinski definition) is 4.